The summed E-state index contributed by atoms with van der Waals surface area (Å²) in [6.07, 6.45) is -9.75. The molecule has 2 N–H and O–H groups in total. The topological polar surface area (TPSA) is 58.2 Å². The average molecular weight is 356 g/mol. The molecule has 1 rings (SSSR count). The van der Waals surface area contributed by atoms with Gasteiger partial charge in [0.25, 0.3) is 5.91 Å². The molecule has 2 amide bonds. The van der Waals surface area contributed by atoms with Gasteiger partial charge in [-0.1, -0.05) is 0 Å². The number of hydrogen-bond acceptors (Lipinski definition) is 2. The summed E-state index contributed by atoms with van der Waals surface area (Å²) in [7, 11) is 0. The highest BCUT2D eigenvalue weighted by molar-refractivity contribution is 5.94. The number of hydrogen-bond donors (Lipinski definition) is 2. The number of carbonyl (C=O) groups excluding carboxylic acids is 2. The van der Waals surface area contributed by atoms with Crippen molar-refractivity contribution in [1.82, 2.24) is 10.6 Å². The van der Waals surface area contributed by atoms with Crippen LogP contribution < -0.4 is 10.6 Å². The second-order valence-corrected chi connectivity index (χ2v) is 4.89. The second kappa shape index (κ2) is 7.54. The molecule has 0 saturated heterocycles. The highest BCUT2D eigenvalue weighted by Crippen LogP contribution is 2.36. The number of nitrogens with one attached hydrogen (secondary N) is 2. The third kappa shape index (κ3) is 6.09. The van der Waals surface area contributed by atoms with Gasteiger partial charge in [0.15, 0.2) is 0 Å². The molecular weight excluding hydrogens is 342 g/mol. The van der Waals surface area contributed by atoms with E-state index in [1.165, 1.54) is 6.92 Å². The van der Waals surface area contributed by atoms with E-state index < -0.39 is 35.0 Å². The summed E-state index contributed by atoms with van der Waals surface area (Å²) in [5.74, 6) is -1.36. The fourth-order valence-electron chi connectivity index (χ4n) is 1.74. The lowest BCUT2D eigenvalue weighted by molar-refractivity contribution is -0.143. The third-order valence-corrected chi connectivity index (χ3v) is 2.86. The molecule has 1 aromatic rings. The summed E-state index contributed by atoms with van der Waals surface area (Å²) in [4.78, 5) is 22.4. The Kier molecular flexibility index (Phi) is 6.22. The molecule has 10 heteroatoms. The van der Waals surface area contributed by atoms with Crippen LogP contribution in [0, 0.1) is 0 Å². The summed E-state index contributed by atoms with van der Waals surface area (Å²) in [5.41, 5.74) is -3.85. The normalized spacial score (nSPS) is 12.0. The van der Waals surface area contributed by atoms with Gasteiger partial charge in [-0.05, 0) is 24.6 Å². The van der Waals surface area contributed by atoms with Crippen LogP contribution in [-0.4, -0.2) is 24.9 Å². The second-order valence-electron chi connectivity index (χ2n) is 4.89. The van der Waals surface area contributed by atoms with Gasteiger partial charge < -0.3 is 10.6 Å². The zero-order valence-electron chi connectivity index (χ0n) is 12.4. The first-order chi connectivity index (χ1) is 10.9. The summed E-state index contributed by atoms with van der Waals surface area (Å²) < 4.78 is 76.1. The van der Waals surface area contributed by atoms with Crippen LogP contribution in [0.1, 0.15) is 34.8 Å². The van der Waals surface area contributed by atoms with Crippen molar-refractivity contribution in [3.8, 4) is 0 Å². The number of rotatable bonds is 5. The van der Waals surface area contributed by atoms with Gasteiger partial charge in [0, 0.05) is 25.6 Å². The van der Waals surface area contributed by atoms with Crippen LogP contribution in [0.2, 0.25) is 0 Å². The van der Waals surface area contributed by atoms with E-state index in [0.29, 0.717) is 12.1 Å². The fraction of sp³-hybridized carbons (Fsp3) is 0.429. The van der Waals surface area contributed by atoms with Gasteiger partial charge in [-0.3, -0.25) is 9.59 Å². The highest BCUT2D eigenvalue weighted by Gasteiger charge is 2.37. The average Bonchev–Trinajstić information content (AvgIpc) is 2.44. The molecule has 0 bridgehead atoms. The van der Waals surface area contributed by atoms with Crippen LogP contribution in [0.5, 0.6) is 0 Å². The minimum absolute atomic E-state index is 0.0172. The van der Waals surface area contributed by atoms with Crippen molar-refractivity contribution in [3.05, 3.63) is 34.9 Å². The summed E-state index contributed by atoms with van der Waals surface area (Å²) in [6.45, 7) is 1.47. The van der Waals surface area contributed by atoms with E-state index in [0.717, 1.165) is 0 Å². The highest BCUT2D eigenvalue weighted by atomic mass is 19.4. The van der Waals surface area contributed by atoms with Crippen molar-refractivity contribution in [2.24, 2.45) is 0 Å². The van der Waals surface area contributed by atoms with Gasteiger partial charge in [0.1, 0.15) is 0 Å². The Morgan fingerprint density at radius 3 is 1.75 bits per heavy atom. The maximum Gasteiger partial charge on any atom is 0.416 e. The first-order valence-corrected chi connectivity index (χ1v) is 6.73. The Balaban J connectivity index is 2.89. The lowest BCUT2D eigenvalue weighted by Crippen LogP contribution is -2.29. The lowest BCUT2D eigenvalue weighted by atomic mass is 10.0. The van der Waals surface area contributed by atoms with Crippen molar-refractivity contribution in [3.63, 3.8) is 0 Å². The van der Waals surface area contributed by atoms with Crippen LogP contribution >= 0.6 is 0 Å². The molecule has 0 spiro atoms. The molecule has 0 aromatic heterocycles. The standard InChI is InChI=1S/C14H14F6N2O2/c1-8(23)21-3-2-4-22-12(24)9-5-10(13(15,16)17)7-11(6-9)14(18,19)20/h5-7H,2-4H2,1H3,(H,21,23)(H,22,24). The van der Waals surface area contributed by atoms with Crippen molar-refractivity contribution >= 4 is 11.8 Å². The van der Waals surface area contributed by atoms with E-state index in [1.54, 1.807) is 0 Å². The van der Waals surface area contributed by atoms with Crippen molar-refractivity contribution in [2.45, 2.75) is 25.7 Å². The van der Waals surface area contributed by atoms with Crippen molar-refractivity contribution < 1.29 is 35.9 Å². The largest absolute Gasteiger partial charge is 0.416 e. The Morgan fingerprint density at radius 2 is 1.33 bits per heavy atom. The summed E-state index contributed by atoms with van der Waals surface area (Å²) in [5, 5.41) is 4.63. The van der Waals surface area contributed by atoms with Gasteiger partial charge in [-0.25, -0.2) is 0 Å². The van der Waals surface area contributed by atoms with Crippen LogP contribution in [0.25, 0.3) is 0 Å². The van der Waals surface area contributed by atoms with E-state index >= 15 is 0 Å². The summed E-state index contributed by atoms with van der Waals surface area (Å²) in [6, 6.07) is 0.671. The molecule has 1 aromatic carbocycles. The van der Waals surface area contributed by atoms with E-state index in [2.05, 4.69) is 10.6 Å². The molecule has 24 heavy (non-hydrogen) atoms. The zero-order chi connectivity index (χ0) is 18.5. The van der Waals surface area contributed by atoms with Crippen LogP contribution in [0.15, 0.2) is 18.2 Å². The first kappa shape index (κ1) is 19.8. The van der Waals surface area contributed by atoms with Gasteiger partial charge >= 0.3 is 12.4 Å². The van der Waals surface area contributed by atoms with E-state index in [9.17, 15) is 35.9 Å². The predicted molar refractivity (Wildman–Crippen MR) is 72.1 cm³/mol. The molecule has 0 aliphatic carbocycles. The van der Waals surface area contributed by atoms with E-state index in [4.69, 9.17) is 0 Å². The monoisotopic (exact) mass is 356 g/mol. The van der Waals surface area contributed by atoms with Gasteiger partial charge in [0.05, 0.1) is 11.1 Å². The smallest absolute Gasteiger partial charge is 0.356 e. The molecule has 134 valence electrons. The van der Waals surface area contributed by atoms with Crippen LogP contribution in [0.4, 0.5) is 26.3 Å². The number of amides is 2. The molecular formula is C14H14F6N2O2. The minimum Gasteiger partial charge on any atom is -0.356 e. The molecule has 0 aliphatic heterocycles. The van der Waals surface area contributed by atoms with Crippen LogP contribution in [0.3, 0.4) is 0 Å². The Labute approximate surface area is 133 Å². The van der Waals surface area contributed by atoms with Crippen molar-refractivity contribution in [1.29, 1.82) is 0 Å². The van der Waals surface area contributed by atoms with E-state index in [-0.39, 0.29) is 31.5 Å². The van der Waals surface area contributed by atoms with Gasteiger partial charge in [-0.15, -0.1) is 0 Å². The molecule has 0 radical (unpaired) electrons. The molecule has 0 fully saturated rings. The molecule has 4 nitrogen and oxygen atoms in total. The number of alkyl halides is 6. The van der Waals surface area contributed by atoms with Crippen molar-refractivity contribution in [2.75, 3.05) is 13.1 Å². The maximum atomic E-state index is 12.7. The van der Waals surface area contributed by atoms with E-state index in [1.807, 2.05) is 0 Å². The Bertz CT molecular complexity index is 578. The molecule has 0 atom stereocenters. The third-order valence-electron chi connectivity index (χ3n) is 2.86. The van der Waals surface area contributed by atoms with Crippen LogP contribution in [-0.2, 0) is 17.1 Å². The van der Waals surface area contributed by atoms with Gasteiger partial charge in [0.2, 0.25) is 5.91 Å². The minimum atomic E-state index is -5.01. The Morgan fingerprint density at radius 1 is 0.875 bits per heavy atom. The number of halogens is 6. The van der Waals surface area contributed by atoms with Gasteiger partial charge in [-0.2, -0.15) is 26.3 Å². The lowest BCUT2D eigenvalue weighted by Gasteiger charge is -2.14. The number of carbonyl (C=O) groups is 2. The molecule has 0 heterocycles. The quantitative estimate of drug-likeness (QED) is 0.630. The fourth-order valence-corrected chi connectivity index (χ4v) is 1.74. The first-order valence-electron chi connectivity index (χ1n) is 6.73. The molecule has 0 unspecified atom stereocenters. The Hall–Kier alpha value is -2.26. The summed E-state index contributed by atoms with van der Waals surface area (Å²) >= 11 is 0. The predicted octanol–water partition coefficient (Wildman–Crippen LogP) is 2.98. The number of benzene rings is 1. The maximum absolute atomic E-state index is 12.7. The SMILES string of the molecule is CC(=O)NCCCNC(=O)c1cc(C(F)(F)F)cc(C(F)(F)F)c1. The molecule has 0 saturated carbocycles. The molecule has 0 aliphatic rings. The zero-order valence-corrected chi connectivity index (χ0v) is 12.4.